The molecule has 0 radical (unpaired) electrons. The SMILES string of the molecule is O=CC1OC(c2ccc(C(F)(F)F)cc2)=NN1Cc1cc(-c2ccccn2)ccc1O. The molecule has 0 saturated carbocycles. The molecule has 0 spiro atoms. The van der Waals surface area contributed by atoms with E-state index >= 15 is 0 Å². The van der Waals surface area contributed by atoms with Crippen LogP contribution in [0.4, 0.5) is 13.2 Å². The van der Waals surface area contributed by atoms with Crippen molar-refractivity contribution in [2.45, 2.75) is 18.9 Å². The second-order valence-electron chi connectivity index (χ2n) is 6.78. The van der Waals surface area contributed by atoms with E-state index in [2.05, 4.69) is 10.1 Å². The Morgan fingerprint density at radius 3 is 2.45 bits per heavy atom. The number of hydrogen-bond donors (Lipinski definition) is 1. The molecule has 4 rings (SSSR count). The number of hydrogen-bond acceptors (Lipinski definition) is 6. The lowest BCUT2D eigenvalue weighted by Crippen LogP contribution is -2.29. The summed E-state index contributed by atoms with van der Waals surface area (Å²) in [5, 5.41) is 15.8. The lowest BCUT2D eigenvalue weighted by atomic mass is 10.1. The summed E-state index contributed by atoms with van der Waals surface area (Å²) in [5.41, 5.74) is 1.46. The number of aromatic hydroxyl groups is 1. The Morgan fingerprint density at radius 2 is 1.81 bits per heavy atom. The Bertz CT molecular complexity index is 1120. The van der Waals surface area contributed by atoms with E-state index in [0.717, 1.165) is 17.7 Å². The van der Waals surface area contributed by atoms with Crippen LogP contribution in [0.5, 0.6) is 5.75 Å². The molecular weight excluding hydrogens is 411 g/mol. The molecule has 0 aliphatic carbocycles. The number of carbonyl (C=O) groups is 1. The highest BCUT2D eigenvalue weighted by molar-refractivity contribution is 5.95. The van der Waals surface area contributed by atoms with Crippen LogP contribution in [-0.2, 0) is 22.3 Å². The number of aromatic nitrogens is 1. The van der Waals surface area contributed by atoms with Crippen LogP contribution in [-0.4, -0.2) is 33.5 Å². The summed E-state index contributed by atoms with van der Waals surface area (Å²) in [6.45, 7) is 0.0417. The van der Waals surface area contributed by atoms with Gasteiger partial charge in [-0.2, -0.15) is 13.2 Å². The number of aldehydes is 1. The molecule has 1 atom stereocenters. The standard InChI is InChI=1S/C22H16F3N3O3/c23-22(24,25)17-7-4-14(5-8-17)21-27-28(20(13-29)31-21)12-16-11-15(6-9-19(16)30)18-3-1-2-10-26-18/h1-11,13,20,30H,12H2. The maximum atomic E-state index is 12.8. The molecule has 1 N–H and O–H groups in total. The fourth-order valence-electron chi connectivity index (χ4n) is 3.10. The minimum atomic E-state index is -4.45. The van der Waals surface area contributed by atoms with Gasteiger partial charge in [0.25, 0.3) is 0 Å². The molecule has 2 aromatic carbocycles. The molecule has 0 fully saturated rings. The summed E-state index contributed by atoms with van der Waals surface area (Å²) >= 11 is 0. The van der Waals surface area contributed by atoms with E-state index in [0.29, 0.717) is 23.1 Å². The van der Waals surface area contributed by atoms with E-state index in [1.54, 1.807) is 24.4 Å². The van der Waals surface area contributed by atoms with Crippen LogP contribution in [0.2, 0.25) is 0 Å². The van der Waals surface area contributed by atoms with E-state index in [9.17, 15) is 23.1 Å². The third-order valence-electron chi connectivity index (χ3n) is 4.69. The minimum Gasteiger partial charge on any atom is -0.508 e. The number of phenols is 1. The summed E-state index contributed by atoms with van der Waals surface area (Å²) < 4.78 is 43.8. The van der Waals surface area contributed by atoms with Crippen LogP contribution < -0.4 is 0 Å². The van der Waals surface area contributed by atoms with Gasteiger partial charge in [0.05, 0.1) is 17.8 Å². The van der Waals surface area contributed by atoms with E-state index in [-0.39, 0.29) is 18.2 Å². The van der Waals surface area contributed by atoms with Gasteiger partial charge < -0.3 is 9.84 Å². The second-order valence-corrected chi connectivity index (χ2v) is 6.78. The van der Waals surface area contributed by atoms with Gasteiger partial charge in [-0.25, -0.2) is 5.01 Å². The first-order valence-electron chi connectivity index (χ1n) is 9.23. The van der Waals surface area contributed by atoms with Crippen molar-refractivity contribution in [1.82, 2.24) is 9.99 Å². The summed E-state index contributed by atoms with van der Waals surface area (Å²) in [6, 6.07) is 14.7. The maximum Gasteiger partial charge on any atom is 0.416 e. The number of pyridine rings is 1. The Morgan fingerprint density at radius 1 is 1.06 bits per heavy atom. The summed E-state index contributed by atoms with van der Waals surface area (Å²) in [4.78, 5) is 15.8. The second kappa shape index (κ2) is 8.10. The average molecular weight is 427 g/mol. The molecule has 0 bridgehead atoms. The molecule has 1 aliphatic heterocycles. The first-order valence-corrected chi connectivity index (χ1v) is 9.23. The zero-order valence-corrected chi connectivity index (χ0v) is 16.0. The molecule has 0 amide bonds. The Labute approximate surface area is 175 Å². The van der Waals surface area contributed by atoms with Gasteiger partial charge >= 0.3 is 6.18 Å². The summed E-state index contributed by atoms with van der Waals surface area (Å²) in [5.74, 6) is 0.0219. The van der Waals surface area contributed by atoms with Gasteiger partial charge in [-0.1, -0.05) is 6.07 Å². The average Bonchev–Trinajstić information content (AvgIpc) is 3.18. The number of nitrogens with zero attached hydrogens (tertiary/aromatic N) is 3. The first-order chi connectivity index (χ1) is 14.8. The number of benzene rings is 2. The molecule has 1 aromatic heterocycles. The van der Waals surface area contributed by atoms with E-state index in [1.807, 2.05) is 12.1 Å². The monoisotopic (exact) mass is 427 g/mol. The van der Waals surface area contributed by atoms with Crippen molar-refractivity contribution in [3.05, 3.63) is 83.6 Å². The molecule has 1 aliphatic rings. The number of ether oxygens (including phenoxy) is 1. The zero-order valence-electron chi connectivity index (χ0n) is 16.0. The van der Waals surface area contributed by atoms with Gasteiger partial charge in [-0.05, 0) is 54.6 Å². The van der Waals surface area contributed by atoms with E-state index in [1.165, 1.54) is 23.2 Å². The molecule has 1 unspecified atom stereocenters. The van der Waals surface area contributed by atoms with Crippen LogP contribution in [0.15, 0.2) is 72.0 Å². The fraction of sp³-hybridized carbons (Fsp3) is 0.136. The van der Waals surface area contributed by atoms with E-state index in [4.69, 9.17) is 4.74 Å². The van der Waals surface area contributed by atoms with Gasteiger partial charge in [0.1, 0.15) is 5.75 Å². The Balaban J connectivity index is 1.59. The molecular formula is C22H16F3N3O3. The van der Waals surface area contributed by atoms with Crippen LogP contribution in [0.1, 0.15) is 16.7 Å². The topological polar surface area (TPSA) is 75.0 Å². The first kappa shape index (κ1) is 20.4. The molecule has 158 valence electrons. The quantitative estimate of drug-likeness (QED) is 0.618. The van der Waals surface area contributed by atoms with Crippen LogP contribution in [0, 0.1) is 0 Å². The van der Waals surface area contributed by atoms with Crippen molar-refractivity contribution in [3.63, 3.8) is 0 Å². The largest absolute Gasteiger partial charge is 0.508 e. The number of alkyl halides is 3. The Hall–Kier alpha value is -3.88. The van der Waals surface area contributed by atoms with Crippen LogP contribution >= 0.6 is 0 Å². The molecule has 3 aromatic rings. The zero-order chi connectivity index (χ0) is 22.0. The number of carbonyl (C=O) groups excluding carboxylic acids is 1. The Kier molecular flexibility index (Phi) is 5.33. The molecule has 0 saturated heterocycles. The third-order valence-corrected chi connectivity index (χ3v) is 4.69. The summed E-state index contributed by atoms with van der Waals surface area (Å²) in [7, 11) is 0. The lowest BCUT2D eigenvalue weighted by Gasteiger charge is -2.18. The van der Waals surface area contributed by atoms with Crippen LogP contribution in [0.25, 0.3) is 11.3 Å². The predicted molar refractivity (Wildman–Crippen MR) is 106 cm³/mol. The smallest absolute Gasteiger partial charge is 0.416 e. The molecule has 31 heavy (non-hydrogen) atoms. The highest BCUT2D eigenvalue weighted by Crippen LogP contribution is 2.31. The normalized spacial score (nSPS) is 16.0. The molecule has 9 heteroatoms. The van der Waals surface area contributed by atoms with Gasteiger partial charge in [0.15, 0.2) is 6.29 Å². The molecule has 6 nitrogen and oxygen atoms in total. The number of phenolic OH excluding ortho intramolecular Hbond substituents is 1. The van der Waals surface area contributed by atoms with Crippen molar-refractivity contribution in [3.8, 4) is 17.0 Å². The fourth-order valence-corrected chi connectivity index (χ4v) is 3.10. The highest BCUT2D eigenvalue weighted by Gasteiger charge is 2.32. The van der Waals surface area contributed by atoms with Gasteiger partial charge in [0.2, 0.25) is 12.1 Å². The van der Waals surface area contributed by atoms with Crippen molar-refractivity contribution < 1.29 is 27.8 Å². The molecule has 2 heterocycles. The van der Waals surface area contributed by atoms with Gasteiger partial charge in [0, 0.05) is 22.9 Å². The number of halogens is 3. The van der Waals surface area contributed by atoms with Gasteiger partial charge in [-0.15, -0.1) is 5.10 Å². The number of hydrazone groups is 1. The predicted octanol–water partition coefficient (Wildman–Crippen LogP) is 4.19. The lowest BCUT2D eigenvalue weighted by molar-refractivity contribution is -0.137. The van der Waals surface area contributed by atoms with E-state index < -0.39 is 18.0 Å². The maximum absolute atomic E-state index is 12.8. The van der Waals surface area contributed by atoms with Crippen molar-refractivity contribution in [2.75, 3.05) is 0 Å². The highest BCUT2D eigenvalue weighted by atomic mass is 19.4. The van der Waals surface area contributed by atoms with Gasteiger partial charge in [-0.3, -0.25) is 9.78 Å². The number of rotatable bonds is 5. The van der Waals surface area contributed by atoms with Crippen molar-refractivity contribution in [2.24, 2.45) is 5.10 Å². The van der Waals surface area contributed by atoms with Crippen molar-refractivity contribution in [1.29, 1.82) is 0 Å². The van der Waals surface area contributed by atoms with Crippen molar-refractivity contribution >= 4 is 12.2 Å². The van der Waals surface area contributed by atoms with Crippen LogP contribution in [0.3, 0.4) is 0 Å². The minimum absolute atomic E-state index is 0.00232. The summed E-state index contributed by atoms with van der Waals surface area (Å²) in [6.07, 6.45) is -3.35. The third kappa shape index (κ3) is 4.35.